The van der Waals surface area contributed by atoms with Crippen LogP contribution in [-0.2, 0) is 21.2 Å². The summed E-state index contributed by atoms with van der Waals surface area (Å²) in [5, 5.41) is 2.09. The molecule has 1 unspecified atom stereocenters. The number of hydrogen-bond donors (Lipinski definition) is 0. The molecule has 0 saturated heterocycles. The summed E-state index contributed by atoms with van der Waals surface area (Å²) in [5.41, 5.74) is 5.91. The van der Waals surface area contributed by atoms with Gasteiger partial charge in [-0.05, 0) is 92.1 Å². The third-order valence-electron chi connectivity index (χ3n) is 7.44. The Morgan fingerprint density at radius 2 is 1.69 bits per heavy atom. The highest BCUT2D eigenvalue weighted by Crippen LogP contribution is 2.39. The van der Waals surface area contributed by atoms with Gasteiger partial charge in [-0.25, -0.2) is 8.42 Å². The predicted octanol–water partition coefficient (Wildman–Crippen LogP) is 5.56. The number of amides is 1. The van der Waals surface area contributed by atoms with Crippen LogP contribution in [0.1, 0.15) is 57.1 Å². The molecule has 2 heterocycles. The van der Waals surface area contributed by atoms with Crippen molar-refractivity contribution in [2.75, 3.05) is 19.6 Å². The van der Waals surface area contributed by atoms with Crippen molar-refractivity contribution >= 4 is 27.3 Å². The van der Waals surface area contributed by atoms with E-state index in [2.05, 4.69) is 30.5 Å². The fourth-order valence-electron chi connectivity index (χ4n) is 5.59. The van der Waals surface area contributed by atoms with E-state index in [1.54, 1.807) is 11.3 Å². The van der Waals surface area contributed by atoms with E-state index in [1.165, 1.54) is 9.18 Å². The van der Waals surface area contributed by atoms with Gasteiger partial charge < -0.3 is 4.90 Å². The first-order chi connectivity index (χ1) is 17.2. The zero-order valence-corrected chi connectivity index (χ0v) is 23.1. The Balaban J connectivity index is 1.50. The van der Waals surface area contributed by atoms with Crippen molar-refractivity contribution in [3.63, 3.8) is 0 Å². The third kappa shape index (κ3) is 4.76. The molecule has 1 aromatic heterocycles. The van der Waals surface area contributed by atoms with E-state index < -0.39 is 10.0 Å². The normalized spacial score (nSPS) is 17.9. The summed E-state index contributed by atoms with van der Waals surface area (Å²) in [6, 6.07) is 13.9. The van der Waals surface area contributed by atoms with Crippen LogP contribution in [0, 0.1) is 33.6 Å². The second-order valence-corrected chi connectivity index (χ2v) is 13.2. The first-order valence-electron chi connectivity index (χ1n) is 12.7. The number of aryl methyl sites for hydroxylation is 4. The van der Waals surface area contributed by atoms with Gasteiger partial charge in [0.15, 0.2) is 0 Å². The van der Waals surface area contributed by atoms with Crippen molar-refractivity contribution in [2.24, 2.45) is 5.92 Å². The summed E-state index contributed by atoms with van der Waals surface area (Å²) in [4.78, 5) is 17.5. The van der Waals surface area contributed by atoms with Gasteiger partial charge in [-0.2, -0.15) is 4.31 Å². The van der Waals surface area contributed by atoms with E-state index >= 15 is 0 Å². The fourth-order valence-corrected chi connectivity index (χ4v) is 8.38. The molecule has 36 heavy (non-hydrogen) atoms. The molecule has 0 spiro atoms. The average Bonchev–Trinajstić information content (AvgIpc) is 3.50. The zero-order chi connectivity index (χ0) is 25.6. The van der Waals surface area contributed by atoms with E-state index in [1.807, 2.05) is 49.9 Å². The molecule has 1 amide bonds. The van der Waals surface area contributed by atoms with Crippen molar-refractivity contribution < 1.29 is 13.2 Å². The third-order valence-corrected chi connectivity index (χ3v) is 10.6. The first-order valence-corrected chi connectivity index (χ1v) is 15.0. The van der Waals surface area contributed by atoms with Crippen LogP contribution in [0.25, 0.3) is 0 Å². The lowest BCUT2D eigenvalue weighted by molar-refractivity contribution is -0.133. The van der Waals surface area contributed by atoms with Gasteiger partial charge in [-0.1, -0.05) is 42.0 Å². The molecule has 0 radical (unpaired) electrons. The SMILES string of the molecule is Cc1cc(C)c(S(=O)(=O)N(CC(=O)N2CCc3sccc3C2c2ccccc2C)CC2CC2)c(C)c1. The predicted molar refractivity (Wildman–Crippen MR) is 145 cm³/mol. The number of carbonyl (C=O) groups is 1. The average molecular weight is 523 g/mol. The van der Waals surface area contributed by atoms with Gasteiger partial charge in [0.05, 0.1) is 17.5 Å². The van der Waals surface area contributed by atoms with Gasteiger partial charge in [-0.15, -0.1) is 11.3 Å². The van der Waals surface area contributed by atoms with Crippen molar-refractivity contribution in [2.45, 2.75) is 57.9 Å². The molecule has 1 saturated carbocycles. The summed E-state index contributed by atoms with van der Waals surface area (Å²) in [7, 11) is -3.82. The Hall–Kier alpha value is -2.48. The second kappa shape index (κ2) is 9.77. The van der Waals surface area contributed by atoms with Crippen LogP contribution < -0.4 is 0 Å². The molecular weight excluding hydrogens is 488 g/mol. The quantitative estimate of drug-likeness (QED) is 0.408. The molecule has 0 N–H and O–H groups in total. The molecule has 2 aliphatic rings. The Morgan fingerprint density at radius 3 is 2.36 bits per heavy atom. The maximum atomic E-state index is 14.0. The number of hydrogen-bond acceptors (Lipinski definition) is 4. The molecule has 7 heteroatoms. The zero-order valence-electron chi connectivity index (χ0n) is 21.5. The molecular formula is C29H34N2O3S2. The Bertz CT molecular complexity index is 1380. The fraction of sp³-hybridized carbons (Fsp3) is 0.414. The summed E-state index contributed by atoms with van der Waals surface area (Å²) < 4.78 is 29.4. The number of sulfonamides is 1. The number of carbonyl (C=O) groups excluding carboxylic acids is 1. The number of nitrogens with zero attached hydrogens (tertiary/aromatic N) is 2. The number of fused-ring (bicyclic) bond motifs is 1. The summed E-state index contributed by atoms with van der Waals surface area (Å²) in [6.45, 7) is 8.60. The molecule has 1 aliphatic carbocycles. The standard InChI is InChI=1S/C29H34N2O3S2/c1-19-15-21(3)29(22(4)16-19)36(33,34)30(17-23-9-10-23)18-27(32)31-13-11-26-25(12-14-35-26)28(31)24-8-6-5-7-20(24)2/h5-8,12,14-16,23,28H,9-11,13,17-18H2,1-4H3. The van der Waals surface area contributed by atoms with Crippen LogP contribution in [0.3, 0.4) is 0 Å². The lowest BCUT2D eigenvalue weighted by atomic mass is 9.90. The minimum absolute atomic E-state index is 0.132. The maximum absolute atomic E-state index is 14.0. The number of thiophene rings is 1. The van der Waals surface area contributed by atoms with Crippen molar-refractivity contribution in [3.05, 3.63) is 86.1 Å². The van der Waals surface area contributed by atoms with Crippen LogP contribution in [0.2, 0.25) is 0 Å². The van der Waals surface area contributed by atoms with Gasteiger partial charge in [-0.3, -0.25) is 4.79 Å². The van der Waals surface area contributed by atoms with E-state index in [4.69, 9.17) is 0 Å². The lowest BCUT2D eigenvalue weighted by Crippen LogP contribution is -2.47. The van der Waals surface area contributed by atoms with Crippen LogP contribution in [0.15, 0.2) is 52.7 Å². The van der Waals surface area contributed by atoms with Crippen LogP contribution in [0.4, 0.5) is 0 Å². The number of benzene rings is 2. The second-order valence-electron chi connectivity index (χ2n) is 10.4. The van der Waals surface area contributed by atoms with Crippen LogP contribution in [0.5, 0.6) is 0 Å². The van der Waals surface area contributed by atoms with Crippen molar-refractivity contribution in [1.82, 2.24) is 9.21 Å². The maximum Gasteiger partial charge on any atom is 0.244 e. The molecule has 5 nitrogen and oxygen atoms in total. The molecule has 1 aliphatic heterocycles. The van der Waals surface area contributed by atoms with E-state index in [-0.39, 0.29) is 18.5 Å². The molecule has 5 rings (SSSR count). The minimum atomic E-state index is -3.82. The summed E-state index contributed by atoms with van der Waals surface area (Å²) in [5.74, 6) is 0.197. The molecule has 2 aromatic carbocycles. The summed E-state index contributed by atoms with van der Waals surface area (Å²) in [6.07, 6.45) is 2.83. The van der Waals surface area contributed by atoms with Gasteiger partial charge in [0.25, 0.3) is 0 Å². The molecule has 3 aromatic rings. The van der Waals surface area contributed by atoms with E-state index in [0.717, 1.165) is 52.6 Å². The van der Waals surface area contributed by atoms with Gasteiger partial charge in [0.2, 0.25) is 15.9 Å². The highest BCUT2D eigenvalue weighted by atomic mass is 32.2. The smallest absolute Gasteiger partial charge is 0.244 e. The molecule has 1 atom stereocenters. The Morgan fingerprint density at radius 1 is 1.00 bits per heavy atom. The van der Waals surface area contributed by atoms with Crippen molar-refractivity contribution in [1.29, 1.82) is 0 Å². The molecule has 0 bridgehead atoms. The summed E-state index contributed by atoms with van der Waals surface area (Å²) >= 11 is 1.74. The van der Waals surface area contributed by atoms with E-state index in [0.29, 0.717) is 23.9 Å². The van der Waals surface area contributed by atoms with Crippen LogP contribution >= 0.6 is 11.3 Å². The largest absolute Gasteiger partial charge is 0.330 e. The van der Waals surface area contributed by atoms with E-state index in [9.17, 15) is 13.2 Å². The van der Waals surface area contributed by atoms with Crippen molar-refractivity contribution in [3.8, 4) is 0 Å². The number of rotatable bonds is 7. The Labute approximate surface area is 218 Å². The highest BCUT2D eigenvalue weighted by Gasteiger charge is 2.38. The lowest BCUT2D eigenvalue weighted by Gasteiger charge is -2.38. The minimum Gasteiger partial charge on any atom is -0.330 e. The topological polar surface area (TPSA) is 57.7 Å². The monoisotopic (exact) mass is 522 g/mol. The first kappa shape index (κ1) is 25.2. The van der Waals surface area contributed by atoms with Gasteiger partial charge in [0, 0.05) is 18.0 Å². The molecule has 1 fully saturated rings. The van der Waals surface area contributed by atoms with Gasteiger partial charge in [0.1, 0.15) is 0 Å². The molecule has 190 valence electrons. The van der Waals surface area contributed by atoms with Crippen LogP contribution in [-0.4, -0.2) is 43.2 Å². The highest BCUT2D eigenvalue weighted by molar-refractivity contribution is 7.89. The Kier molecular flexibility index (Phi) is 6.83. The van der Waals surface area contributed by atoms with Gasteiger partial charge >= 0.3 is 0 Å².